The third-order valence-electron chi connectivity index (χ3n) is 2.41. The number of carbonyl (C=O) groups is 1. The smallest absolute Gasteiger partial charge is 0.224 e. The Balaban J connectivity index is 2.29. The molecule has 1 aromatic carbocycles. The number of rotatable bonds is 7. The fourth-order valence-corrected chi connectivity index (χ4v) is 1.84. The van der Waals surface area contributed by atoms with Gasteiger partial charge >= 0.3 is 0 Å². The van der Waals surface area contributed by atoms with E-state index in [-0.39, 0.29) is 5.91 Å². The summed E-state index contributed by atoms with van der Waals surface area (Å²) in [6.07, 6.45) is 2.53. The van der Waals surface area contributed by atoms with Crippen LogP contribution in [0.15, 0.2) is 24.3 Å². The van der Waals surface area contributed by atoms with Gasteiger partial charge in [0.05, 0.1) is 13.5 Å². The van der Waals surface area contributed by atoms with Crippen molar-refractivity contribution in [1.82, 2.24) is 5.32 Å². The second-order valence-corrected chi connectivity index (χ2v) is 4.56. The average molecular weight is 300 g/mol. The summed E-state index contributed by atoms with van der Waals surface area (Å²) in [5.74, 6) is 0.885. The third-order valence-corrected chi connectivity index (χ3v) is 2.97. The van der Waals surface area contributed by atoms with E-state index >= 15 is 0 Å². The number of alkyl halides is 1. The van der Waals surface area contributed by atoms with Gasteiger partial charge in [0, 0.05) is 11.9 Å². The standard InChI is InChI=1S/C13H18BrNO2/c1-17-12-6-4-11(5-7-12)10-13(16)15-9-3-2-8-14/h4-7H,2-3,8-10H2,1H3,(H,15,16). The van der Waals surface area contributed by atoms with Crippen LogP contribution in [0.5, 0.6) is 5.75 Å². The number of hydrogen-bond donors (Lipinski definition) is 1. The van der Waals surface area contributed by atoms with Crippen molar-refractivity contribution in [1.29, 1.82) is 0 Å². The predicted molar refractivity (Wildman–Crippen MR) is 72.7 cm³/mol. The van der Waals surface area contributed by atoms with E-state index in [0.29, 0.717) is 6.42 Å². The van der Waals surface area contributed by atoms with Gasteiger partial charge in [0.25, 0.3) is 0 Å². The van der Waals surface area contributed by atoms with E-state index < -0.39 is 0 Å². The molecule has 1 amide bonds. The van der Waals surface area contributed by atoms with Gasteiger partial charge in [0.15, 0.2) is 0 Å². The largest absolute Gasteiger partial charge is 0.497 e. The van der Waals surface area contributed by atoms with Gasteiger partial charge < -0.3 is 10.1 Å². The summed E-state index contributed by atoms with van der Waals surface area (Å²) in [5, 5.41) is 3.89. The maximum Gasteiger partial charge on any atom is 0.224 e. The van der Waals surface area contributed by atoms with E-state index in [4.69, 9.17) is 4.74 Å². The van der Waals surface area contributed by atoms with Crippen LogP contribution in [-0.2, 0) is 11.2 Å². The monoisotopic (exact) mass is 299 g/mol. The zero-order chi connectivity index (χ0) is 12.5. The van der Waals surface area contributed by atoms with Gasteiger partial charge in [-0.1, -0.05) is 28.1 Å². The van der Waals surface area contributed by atoms with Crippen molar-refractivity contribution in [2.24, 2.45) is 0 Å². The van der Waals surface area contributed by atoms with Crippen LogP contribution in [0.25, 0.3) is 0 Å². The fourth-order valence-electron chi connectivity index (χ4n) is 1.44. The second kappa shape index (κ2) is 8.12. The lowest BCUT2D eigenvalue weighted by atomic mass is 10.1. The zero-order valence-electron chi connectivity index (χ0n) is 10.0. The van der Waals surface area contributed by atoms with E-state index in [1.165, 1.54) is 0 Å². The summed E-state index contributed by atoms with van der Waals surface area (Å²) < 4.78 is 5.06. The molecule has 1 N–H and O–H groups in total. The molecule has 94 valence electrons. The highest BCUT2D eigenvalue weighted by atomic mass is 79.9. The number of benzene rings is 1. The first-order valence-electron chi connectivity index (χ1n) is 5.72. The molecule has 0 bridgehead atoms. The average Bonchev–Trinajstić information content (AvgIpc) is 2.36. The molecule has 4 heteroatoms. The maximum absolute atomic E-state index is 11.6. The number of halogens is 1. The molecule has 0 aliphatic heterocycles. The van der Waals surface area contributed by atoms with Gasteiger partial charge in [-0.2, -0.15) is 0 Å². The first-order valence-corrected chi connectivity index (χ1v) is 6.84. The number of ether oxygens (including phenoxy) is 1. The molecular formula is C13H18BrNO2. The van der Waals surface area contributed by atoms with Gasteiger partial charge in [-0.05, 0) is 30.5 Å². The fraction of sp³-hybridized carbons (Fsp3) is 0.462. The number of hydrogen-bond acceptors (Lipinski definition) is 2. The molecule has 0 atom stereocenters. The first kappa shape index (κ1) is 14.0. The van der Waals surface area contributed by atoms with Crippen LogP contribution in [0.4, 0.5) is 0 Å². The van der Waals surface area contributed by atoms with Crippen molar-refractivity contribution < 1.29 is 9.53 Å². The van der Waals surface area contributed by atoms with Crippen LogP contribution >= 0.6 is 15.9 Å². The highest BCUT2D eigenvalue weighted by Gasteiger charge is 2.02. The summed E-state index contributed by atoms with van der Waals surface area (Å²) in [4.78, 5) is 11.6. The molecule has 0 aromatic heterocycles. The summed E-state index contributed by atoms with van der Waals surface area (Å²) in [7, 11) is 1.63. The molecule has 0 spiro atoms. The topological polar surface area (TPSA) is 38.3 Å². The predicted octanol–water partition coefficient (Wildman–Crippen LogP) is 2.53. The normalized spacial score (nSPS) is 10.0. The van der Waals surface area contributed by atoms with Crippen molar-refractivity contribution in [3.05, 3.63) is 29.8 Å². The van der Waals surface area contributed by atoms with E-state index in [9.17, 15) is 4.79 Å². The Morgan fingerprint density at radius 2 is 2.00 bits per heavy atom. The van der Waals surface area contributed by atoms with Crippen molar-refractivity contribution >= 4 is 21.8 Å². The van der Waals surface area contributed by atoms with Crippen LogP contribution in [0, 0.1) is 0 Å². The number of amides is 1. The third kappa shape index (κ3) is 5.73. The Labute approximate surface area is 111 Å². The van der Waals surface area contributed by atoms with Crippen molar-refractivity contribution in [2.45, 2.75) is 19.3 Å². The van der Waals surface area contributed by atoms with E-state index in [0.717, 1.165) is 36.0 Å². The van der Waals surface area contributed by atoms with E-state index in [2.05, 4.69) is 21.2 Å². The Hall–Kier alpha value is -1.03. The van der Waals surface area contributed by atoms with Crippen LogP contribution in [0.1, 0.15) is 18.4 Å². The Kier molecular flexibility index (Phi) is 6.70. The van der Waals surface area contributed by atoms with E-state index in [1.54, 1.807) is 7.11 Å². The molecule has 0 radical (unpaired) electrons. The minimum atomic E-state index is 0.0738. The zero-order valence-corrected chi connectivity index (χ0v) is 11.6. The highest BCUT2D eigenvalue weighted by Crippen LogP contribution is 2.11. The lowest BCUT2D eigenvalue weighted by Gasteiger charge is -2.05. The maximum atomic E-state index is 11.6. The van der Waals surface area contributed by atoms with Crippen LogP contribution in [0.3, 0.4) is 0 Å². The van der Waals surface area contributed by atoms with Gasteiger partial charge in [0.2, 0.25) is 5.91 Å². The lowest BCUT2D eigenvalue weighted by Crippen LogP contribution is -2.26. The van der Waals surface area contributed by atoms with E-state index in [1.807, 2.05) is 24.3 Å². The van der Waals surface area contributed by atoms with Crippen LogP contribution in [0.2, 0.25) is 0 Å². The van der Waals surface area contributed by atoms with Crippen molar-refractivity contribution in [2.75, 3.05) is 19.0 Å². The molecule has 17 heavy (non-hydrogen) atoms. The Bertz CT molecular complexity index is 338. The molecule has 0 saturated heterocycles. The highest BCUT2D eigenvalue weighted by molar-refractivity contribution is 9.09. The lowest BCUT2D eigenvalue weighted by molar-refractivity contribution is -0.120. The Morgan fingerprint density at radius 3 is 2.59 bits per heavy atom. The van der Waals surface area contributed by atoms with Gasteiger partial charge in [-0.15, -0.1) is 0 Å². The van der Waals surface area contributed by atoms with Crippen molar-refractivity contribution in [3.63, 3.8) is 0 Å². The molecule has 0 aliphatic rings. The minimum absolute atomic E-state index is 0.0738. The number of unbranched alkanes of at least 4 members (excludes halogenated alkanes) is 1. The first-order chi connectivity index (χ1) is 8.26. The SMILES string of the molecule is COc1ccc(CC(=O)NCCCCBr)cc1. The summed E-state index contributed by atoms with van der Waals surface area (Å²) >= 11 is 3.36. The number of methoxy groups -OCH3 is 1. The quantitative estimate of drug-likeness (QED) is 0.621. The molecule has 0 fully saturated rings. The van der Waals surface area contributed by atoms with Gasteiger partial charge in [0.1, 0.15) is 5.75 Å². The second-order valence-electron chi connectivity index (χ2n) is 3.77. The summed E-state index contributed by atoms with van der Waals surface area (Å²) in [6.45, 7) is 0.751. The molecular weight excluding hydrogens is 282 g/mol. The van der Waals surface area contributed by atoms with Crippen molar-refractivity contribution in [3.8, 4) is 5.75 Å². The summed E-state index contributed by atoms with van der Waals surface area (Å²) in [5.41, 5.74) is 1.00. The molecule has 1 aromatic rings. The molecule has 0 heterocycles. The van der Waals surface area contributed by atoms with Crippen LogP contribution < -0.4 is 10.1 Å². The molecule has 1 rings (SSSR count). The number of carbonyl (C=O) groups excluding carboxylic acids is 1. The molecule has 0 aliphatic carbocycles. The summed E-state index contributed by atoms with van der Waals surface area (Å²) in [6, 6.07) is 7.56. The minimum Gasteiger partial charge on any atom is -0.497 e. The van der Waals surface area contributed by atoms with Crippen LogP contribution in [-0.4, -0.2) is 24.9 Å². The molecule has 0 saturated carbocycles. The Morgan fingerprint density at radius 1 is 1.29 bits per heavy atom. The van der Waals surface area contributed by atoms with Gasteiger partial charge in [-0.3, -0.25) is 4.79 Å². The molecule has 0 unspecified atom stereocenters. The van der Waals surface area contributed by atoms with Gasteiger partial charge in [-0.25, -0.2) is 0 Å². The molecule has 3 nitrogen and oxygen atoms in total. The number of nitrogens with one attached hydrogen (secondary N) is 1.